The Balaban J connectivity index is 1.48. The smallest absolute Gasteiger partial charge is 0.324 e. The minimum Gasteiger partial charge on any atom is -0.468 e. The van der Waals surface area contributed by atoms with Gasteiger partial charge in [-0.25, -0.2) is 8.42 Å². The number of carbonyl (C=O) groups is 2. The average molecular weight is 547 g/mol. The number of esters is 1. The van der Waals surface area contributed by atoms with Gasteiger partial charge in [0.25, 0.3) is 5.91 Å². The summed E-state index contributed by atoms with van der Waals surface area (Å²) in [7, 11) is -2.72. The van der Waals surface area contributed by atoms with Gasteiger partial charge in [-0.3, -0.25) is 9.59 Å². The Bertz CT molecular complexity index is 1640. The Morgan fingerprint density at radius 3 is 2.15 bits per heavy atom. The molecule has 2 N–H and O–H groups in total. The second kappa shape index (κ2) is 11.3. The van der Waals surface area contributed by atoms with Crippen LogP contribution in [0.25, 0.3) is 28.2 Å². The summed E-state index contributed by atoms with van der Waals surface area (Å²) in [5.41, 5.74) is 4.45. The van der Waals surface area contributed by atoms with E-state index in [2.05, 4.69) is 16.6 Å². The normalized spacial score (nSPS) is 12.3. The van der Waals surface area contributed by atoms with Gasteiger partial charge in [-0.05, 0) is 59.9 Å². The third-order valence-electron chi connectivity index (χ3n) is 6.46. The summed E-state index contributed by atoms with van der Waals surface area (Å²) in [6.07, 6.45) is 1.73. The maximum atomic E-state index is 12.9. The van der Waals surface area contributed by atoms with Crippen molar-refractivity contribution in [3.63, 3.8) is 0 Å². The highest BCUT2D eigenvalue weighted by Crippen LogP contribution is 2.30. The van der Waals surface area contributed by atoms with Crippen molar-refractivity contribution in [1.29, 1.82) is 0 Å². The van der Waals surface area contributed by atoms with Crippen molar-refractivity contribution in [1.82, 2.24) is 4.72 Å². The number of carbonyl (C=O) groups excluding carboxylic acids is 2. The fraction of sp³-hybridized carbons (Fsp3) is 0.200. The summed E-state index contributed by atoms with van der Waals surface area (Å²) in [6, 6.07) is 18.1. The summed E-state index contributed by atoms with van der Waals surface area (Å²) < 4.78 is 38.6. The largest absolute Gasteiger partial charge is 0.468 e. The zero-order valence-electron chi connectivity index (χ0n) is 22.1. The number of furan rings is 1. The summed E-state index contributed by atoms with van der Waals surface area (Å²) in [4.78, 5) is 25.0. The van der Waals surface area contributed by atoms with E-state index in [-0.39, 0.29) is 22.5 Å². The molecule has 1 atom stereocenters. The van der Waals surface area contributed by atoms with Crippen LogP contribution in [0.4, 0.5) is 5.69 Å². The van der Waals surface area contributed by atoms with Gasteiger partial charge in [0, 0.05) is 16.6 Å². The zero-order valence-corrected chi connectivity index (χ0v) is 23.0. The van der Waals surface area contributed by atoms with Gasteiger partial charge < -0.3 is 14.5 Å². The van der Waals surface area contributed by atoms with Gasteiger partial charge in [0.05, 0.1) is 12.0 Å². The van der Waals surface area contributed by atoms with Crippen LogP contribution >= 0.6 is 0 Å². The Labute approximate surface area is 227 Å². The number of sulfonamides is 1. The van der Waals surface area contributed by atoms with Crippen LogP contribution in [0, 0.1) is 12.8 Å². The molecular weight excluding hydrogens is 516 g/mol. The number of amides is 1. The Morgan fingerprint density at radius 1 is 0.974 bits per heavy atom. The molecule has 0 unspecified atom stereocenters. The van der Waals surface area contributed by atoms with Crippen LogP contribution in [0.5, 0.6) is 0 Å². The van der Waals surface area contributed by atoms with E-state index in [1.807, 2.05) is 37.3 Å². The predicted molar refractivity (Wildman–Crippen MR) is 152 cm³/mol. The van der Waals surface area contributed by atoms with Crippen molar-refractivity contribution in [3.05, 3.63) is 90.2 Å². The fourth-order valence-corrected chi connectivity index (χ4v) is 5.63. The first-order valence-electron chi connectivity index (χ1n) is 12.3. The number of rotatable bonds is 9. The van der Waals surface area contributed by atoms with E-state index < -0.39 is 22.0 Å². The Hall–Kier alpha value is -4.21. The molecule has 4 rings (SSSR count). The van der Waals surface area contributed by atoms with Gasteiger partial charge in [0.15, 0.2) is 5.76 Å². The molecule has 0 aliphatic rings. The van der Waals surface area contributed by atoms with Crippen molar-refractivity contribution in [2.75, 3.05) is 12.4 Å². The molecule has 0 radical (unpaired) electrons. The molecular formula is C30H30N2O6S. The quantitative estimate of drug-likeness (QED) is 0.257. The highest BCUT2D eigenvalue weighted by Gasteiger charge is 2.29. The SMILES string of the molecule is C=Cc1cccc2oc(C(=O)Nc3ccc(-c4ccc(S(=O)(=O)N[C@H](C(=O)OC)C(C)C)cc4)cc3)c(C)c12. The van der Waals surface area contributed by atoms with E-state index in [0.29, 0.717) is 11.3 Å². The number of aryl methyl sites for hydroxylation is 1. The van der Waals surface area contributed by atoms with Crippen molar-refractivity contribution in [3.8, 4) is 11.1 Å². The van der Waals surface area contributed by atoms with Crippen LogP contribution in [-0.2, 0) is 19.6 Å². The Kier molecular flexibility index (Phi) is 8.03. The lowest BCUT2D eigenvalue weighted by Gasteiger charge is -2.19. The molecule has 4 aromatic rings. The lowest BCUT2D eigenvalue weighted by atomic mass is 10.0. The number of methoxy groups -OCH3 is 1. The number of hydrogen-bond acceptors (Lipinski definition) is 6. The van der Waals surface area contributed by atoms with Gasteiger partial charge in [-0.15, -0.1) is 0 Å². The minimum atomic E-state index is -3.94. The lowest BCUT2D eigenvalue weighted by molar-refractivity contribution is -0.143. The molecule has 0 bridgehead atoms. The van der Waals surface area contributed by atoms with Crippen LogP contribution in [0.15, 0.2) is 82.6 Å². The van der Waals surface area contributed by atoms with Gasteiger partial charge in [-0.2, -0.15) is 4.72 Å². The number of ether oxygens (including phenoxy) is 1. The summed E-state index contributed by atoms with van der Waals surface area (Å²) >= 11 is 0. The third kappa shape index (κ3) is 5.79. The monoisotopic (exact) mass is 546 g/mol. The van der Waals surface area contributed by atoms with Crippen molar-refractivity contribution < 1.29 is 27.2 Å². The molecule has 39 heavy (non-hydrogen) atoms. The molecule has 9 heteroatoms. The van der Waals surface area contributed by atoms with Crippen molar-refractivity contribution in [2.45, 2.75) is 31.7 Å². The molecule has 0 aliphatic heterocycles. The van der Waals surface area contributed by atoms with Crippen LogP contribution in [0.3, 0.4) is 0 Å². The molecule has 0 saturated carbocycles. The van der Waals surface area contributed by atoms with Gasteiger partial charge in [-0.1, -0.05) is 62.9 Å². The zero-order chi connectivity index (χ0) is 28.3. The highest BCUT2D eigenvalue weighted by atomic mass is 32.2. The van der Waals surface area contributed by atoms with Gasteiger partial charge in [0.2, 0.25) is 10.0 Å². The molecule has 0 aliphatic carbocycles. The molecule has 1 amide bonds. The molecule has 1 aromatic heterocycles. The molecule has 0 fully saturated rings. The first kappa shape index (κ1) is 27.8. The van der Waals surface area contributed by atoms with Crippen molar-refractivity contribution >= 4 is 44.6 Å². The van der Waals surface area contributed by atoms with E-state index >= 15 is 0 Å². The Morgan fingerprint density at radius 2 is 1.59 bits per heavy atom. The molecule has 0 spiro atoms. The number of fused-ring (bicyclic) bond motifs is 1. The second-order valence-corrected chi connectivity index (χ2v) is 11.1. The van der Waals surface area contributed by atoms with Crippen LogP contribution < -0.4 is 10.0 Å². The molecule has 8 nitrogen and oxygen atoms in total. The molecule has 202 valence electrons. The van der Waals surface area contributed by atoms with E-state index in [0.717, 1.165) is 27.6 Å². The first-order valence-corrected chi connectivity index (χ1v) is 13.8. The molecule has 1 heterocycles. The number of nitrogens with one attached hydrogen (secondary N) is 2. The predicted octanol–water partition coefficient (Wildman–Crippen LogP) is 5.78. The standard InChI is InChI=1S/C30H30N2O6S/c1-6-20-8-7-9-25-26(20)19(4)28(38-25)29(33)31-23-14-10-21(11-15-23)22-12-16-24(17-13-22)39(35,36)32-27(18(2)3)30(34)37-5/h6-18,27,32H,1H2,2-5H3,(H,31,33)/t27-/m0/s1. The van der Waals surface area contributed by atoms with Crippen LogP contribution in [0.1, 0.15) is 35.5 Å². The summed E-state index contributed by atoms with van der Waals surface area (Å²) in [5.74, 6) is -1.05. The van der Waals surface area contributed by atoms with Crippen LogP contribution in [0.2, 0.25) is 0 Å². The first-order chi connectivity index (χ1) is 18.6. The molecule has 3 aromatic carbocycles. The topological polar surface area (TPSA) is 115 Å². The second-order valence-electron chi connectivity index (χ2n) is 9.40. The number of anilines is 1. The maximum absolute atomic E-state index is 12.9. The highest BCUT2D eigenvalue weighted by molar-refractivity contribution is 7.89. The lowest BCUT2D eigenvalue weighted by Crippen LogP contribution is -2.44. The van der Waals surface area contributed by atoms with Gasteiger partial charge >= 0.3 is 5.97 Å². The van der Waals surface area contributed by atoms with Gasteiger partial charge in [0.1, 0.15) is 11.6 Å². The maximum Gasteiger partial charge on any atom is 0.324 e. The van der Waals surface area contributed by atoms with E-state index in [1.54, 1.807) is 44.2 Å². The molecule has 0 saturated heterocycles. The van der Waals surface area contributed by atoms with E-state index in [1.165, 1.54) is 19.2 Å². The minimum absolute atomic E-state index is 0.0329. The summed E-state index contributed by atoms with van der Waals surface area (Å²) in [5, 5.41) is 3.72. The van der Waals surface area contributed by atoms with E-state index in [4.69, 9.17) is 9.15 Å². The summed E-state index contributed by atoms with van der Waals surface area (Å²) in [6.45, 7) is 9.13. The number of hydrogen-bond donors (Lipinski definition) is 2. The third-order valence-corrected chi connectivity index (χ3v) is 7.91. The van der Waals surface area contributed by atoms with E-state index in [9.17, 15) is 18.0 Å². The average Bonchev–Trinajstić information content (AvgIpc) is 3.28. The number of benzene rings is 3. The van der Waals surface area contributed by atoms with Crippen molar-refractivity contribution in [2.24, 2.45) is 5.92 Å². The van der Waals surface area contributed by atoms with Crippen LogP contribution in [-0.4, -0.2) is 33.4 Å². The fourth-order valence-electron chi connectivity index (χ4n) is 4.30.